The highest BCUT2D eigenvalue weighted by Gasteiger charge is 2.14. The van der Waals surface area contributed by atoms with Crippen LogP contribution in [0.1, 0.15) is 13.3 Å². The Kier molecular flexibility index (Phi) is 7.35. The molecule has 0 radical (unpaired) electrons. The number of primary amides is 1. The van der Waals surface area contributed by atoms with E-state index in [-0.39, 0.29) is 24.2 Å². The molecule has 0 aliphatic rings. The summed E-state index contributed by atoms with van der Waals surface area (Å²) in [5, 5.41) is 2.62. The van der Waals surface area contributed by atoms with Gasteiger partial charge in [-0.25, -0.2) is 0 Å². The van der Waals surface area contributed by atoms with Crippen LogP contribution < -0.4 is 20.5 Å². The van der Waals surface area contributed by atoms with Crippen molar-refractivity contribution in [3.63, 3.8) is 0 Å². The molecule has 0 spiro atoms. The largest absolute Gasteiger partial charge is 0.497 e. The SMILES string of the molecule is COc1ccc(SC(C)C(=O)Nc2ccc(OCCC(N)=O)cc2)cc1. The van der Waals surface area contributed by atoms with Gasteiger partial charge in [0.15, 0.2) is 0 Å². The molecule has 138 valence electrons. The number of carbonyl (C=O) groups is 2. The minimum Gasteiger partial charge on any atom is -0.497 e. The third-order valence-electron chi connectivity index (χ3n) is 3.48. The van der Waals surface area contributed by atoms with Gasteiger partial charge in [0.1, 0.15) is 11.5 Å². The quantitative estimate of drug-likeness (QED) is 0.658. The number of carbonyl (C=O) groups excluding carboxylic acids is 2. The molecule has 2 rings (SSSR count). The van der Waals surface area contributed by atoms with Crippen molar-refractivity contribution in [2.24, 2.45) is 5.73 Å². The molecule has 3 N–H and O–H groups in total. The van der Waals surface area contributed by atoms with Crippen LogP contribution in [0.15, 0.2) is 53.4 Å². The lowest BCUT2D eigenvalue weighted by Gasteiger charge is -2.13. The molecular weight excluding hydrogens is 352 g/mol. The standard InChI is InChI=1S/C19H22N2O4S/c1-13(26-17-9-7-15(24-2)8-10-17)19(23)21-14-3-5-16(6-4-14)25-12-11-18(20)22/h3-10,13H,11-12H2,1-2H3,(H2,20,22)(H,21,23). The summed E-state index contributed by atoms with van der Waals surface area (Å²) in [6, 6.07) is 14.5. The number of nitrogens with two attached hydrogens (primary N) is 1. The van der Waals surface area contributed by atoms with E-state index in [1.165, 1.54) is 11.8 Å². The van der Waals surface area contributed by atoms with E-state index in [0.29, 0.717) is 11.4 Å². The predicted octanol–water partition coefficient (Wildman–Crippen LogP) is 3.07. The molecule has 6 nitrogen and oxygen atoms in total. The van der Waals surface area contributed by atoms with E-state index in [1.54, 1.807) is 31.4 Å². The van der Waals surface area contributed by atoms with Crippen LogP contribution in [0, 0.1) is 0 Å². The molecule has 0 saturated heterocycles. The normalized spacial score (nSPS) is 11.5. The van der Waals surface area contributed by atoms with Crippen molar-refractivity contribution in [3.05, 3.63) is 48.5 Å². The van der Waals surface area contributed by atoms with E-state index in [1.807, 2.05) is 31.2 Å². The van der Waals surface area contributed by atoms with Crippen molar-refractivity contribution >= 4 is 29.3 Å². The number of amides is 2. The van der Waals surface area contributed by atoms with E-state index in [4.69, 9.17) is 15.2 Å². The zero-order valence-electron chi connectivity index (χ0n) is 14.7. The van der Waals surface area contributed by atoms with Crippen LogP contribution in [0.2, 0.25) is 0 Å². The number of thioether (sulfide) groups is 1. The lowest BCUT2D eigenvalue weighted by atomic mass is 10.3. The van der Waals surface area contributed by atoms with Gasteiger partial charge in [-0.15, -0.1) is 11.8 Å². The number of rotatable bonds is 9. The number of nitrogens with one attached hydrogen (secondary N) is 1. The molecule has 2 aromatic rings. The molecule has 1 atom stereocenters. The first-order valence-electron chi connectivity index (χ1n) is 8.10. The average molecular weight is 374 g/mol. The van der Waals surface area contributed by atoms with Gasteiger partial charge in [-0.3, -0.25) is 9.59 Å². The second-order valence-corrected chi connectivity index (χ2v) is 6.93. The zero-order chi connectivity index (χ0) is 18.9. The molecule has 1 unspecified atom stereocenters. The molecule has 0 aromatic heterocycles. The number of ether oxygens (including phenoxy) is 2. The van der Waals surface area contributed by atoms with Crippen LogP contribution in [0.25, 0.3) is 0 Å². The van der Waals surface area contributed by atoms with Gasteiger partial charge in [0.2, 0.25) is 11.8 Å². The fourth-order valence-electron chi connectivity index (χ4n) is 2.06. The Balaban J connectivity index is 1.84. The Bertz CT molecular complexity index is 732. The summed E-state index contributed by atoms with van der Waals surface area (Å²) in [5.41, 5.74) is 5.74. The fourth-order valence-corrected chi connectivity index (χ4v) is 2.93. The second kappa shape index (κ2) is 9.72. The van der Waals surface area contributed by atoms with Crippen LogP contribution in [0.3, 0.4) is 0 Å². The third-order valence-corrected chi connectivity index (χ3v) is 4.59. The Morgan fingerprint density at radius 2 is 1.69 bits per heavy atom. The smallest absolute Gasteiger partial charge is 0.237 e. The highest BCUT2D eigenvalue weighted by atomic mass is 32.2. The van der Waals surface area contributed by atoms with E-state index >= 15 is 0 Å². The Morgan fingerprint density at radius 1 is 1.08 bits per heavy atom. The van der Waals surface area contributed by atoms with Gasteiger partial charge in [0, 0.05) is 10.6 Å². The first-order valence-corrected chi connectivity index (χ1v) is 8.98. The maximum absolute atomic E-state index is 12.3. The maximum atomic E-state index is 12.3. The predicted molar refractivity (Wildman–Crippen MR) is 103 cm³/mol. The number of benzene rings is 2. The molecule has 0 aliphatic heterocycles. The fraction of sp³-hybridized carbons (Fsp3) is 0.263. The summed E-state index contributed by atoms with van der Waals surface area (Å²) in [6.07, 6.45) is 0.165. The lowest BCUT2D eigenvalue weighted by molar-refractivity contribution is -0.118. The number of methoxy groups -OCH3 is 1. The summed E-state index contributed by atoms with van der Waals surface area (Å²) < 4.78 is 10.5. The molecule has 2 aromatic carbocycles. The average Bonchev–Trinajstić information content (AvgIpc) is 2.63. The number of hydrogen-bond donors (Lipinski definition) is 2. The van der Waals surface area contributed by atoms with Crippen molar-refractivity contribution in [2.75, 3.05) is 19.0 Å². The number of hydrogen-bond acceptors (Lipinski definition) is 5. The molecule has 2 amide bonds. The molecule has 0 aliphatic carbocycles. The summed E-state index contributed by atoms with van der Waals surface area (Å²) in [6.45, 7) is 2.09. The molecular formula is C19H22N2O4S. The molecule has 0 saturated carbocycles. The minimum atomic E-state index is -0.405. The van der Waals surface area contributed by atoms with Crippen molar-refractivity contribution < 1.29 is 19.1 Å². The third kappa shape index (κ3) is 6.33. The summed E-state index contributed by atoms with van der Waals surface area (Å²) in [5.74, 6) is 0.903. The Morgan fingerprint density at radius 3 is 2.27 bits per heavy atom. The van der Waals surface area contributed by atoms with Crippen molar-refractivity contribution in [1.29, 1.82) is 0 Å². The van der Waals surface area contributed by atoms with Gasteiger partial charge in [0.05, 0.1) is 25.4 Å². The first kappa shape index (κ1) is 19.7. The van der Waals surface area contributed by atoms with Gasteiger partial charge in [-0.05, 0) is 55.5 Å². The zero-order valence-corrected chi connectivity index (χ0v) is 15.5. The van der Waals surface area contributed by atoms with E-state index in [0.717, 1.165) is 10.6 Å². The topological polar surface area (TPSA) is 90.7 Å². The van der Waals surface area contributed by atoms with Crippen molar-refractivity contribution in [1.82, 2.24) is 0 Å². The van der Waals surface area contributed by atoms with Crippen molar-refractivity contribution in [2.45, 2.75) is 23.5 Å². The van der Waals surface area contributed by atoms with E-state index in [9.17, 15) is 9.59 Å². The van der Waals surface area contributed by atoms with Gasteiger partial charge in [0.25, 0.3) is 0 Å². The van der Waals surface area contributed by atoms with Crippen LogP contribution in [0.5, 0.6) is 11.5 Å². The summed E-state index contributed by atoms with van der Waals surface area (Å²) >= 11 is 1.47. The first-order chi connectivity index (χ1) is 12.5. The van der Waals surface area contributed by atoms with Crippen molar-refractivity contribution in [3.8, 4) is 11.5 Å². The summed E-state index contributed by atoms with van der Waals surface area (Å²) in [4.78, 5) is 24.0. The van der Waals surface area contributed by atoms with E-state index in [2.05, 4.69) is 5.32 Å². The maximum Gasteiger partial charge on any atom is 0.237 e. The van der Waals surface area contributed by atoms with Gasteiger partial charge < -0.3 is 20.5 Å². The molecule has 0 heterocycles. The Labute approximate surface area is 157 Å². The van der Waals surface area contributed by atoms with Gasteiger partial charge >= 0.3 is 0 Å². The number of anilines is 1. The monoisotopic (exact) mass is 374 g/mol. The molecule has 0 bridgehead atoms. The highest BCUT2D eigenvalue weighted by molar-refractivity contribution is 8.00. The minimum absolute atomic E-state index is 0.0896. The van der Waals surface area contributed by atoms with Gasteiger partial charge in [-0.1, -0.05) is 0 Å². The van der Waals surface area contributed by atoms with Crippen LogP contribution in [0.4, 0.5) is 5.69 Å². The van der Waals surface area contributed by atoms with Crippen LogP contribution >= 0.6 is 11.8 Å². The van der Waals surface area contributed by atoms with E-state index < -0.39 is 5.91 Å². The Hall–Kier alpha value is -2.67. The molecule has 26 heavy (non-hydrogen) atoms. The van der Waals surface area contributed by atoms with Crippen LogP contribution in [-0.4, -0.2) is 30.8 Å². The molecule has 7 heteroatoms. The van der Waals surface area contributed by atoms with Gasteiger partial charge in [-0.2, -0.15) is 0 Å². The highest BCUT2D eigenvalue weighted by Crippen LogP contribution is 2.26. The lowest BCUT2D eigenvalue weighted by Crippen LogP contribution is -2.22. The van der Waals surface area contributed by atoms with Crippen LogP contribution in [-0.2, 0) is 9.59 Å². The summed E-state index contributed by atoms with van der Waals surface area (Å²) in [7, 11) is 1.62. The second-order valence-electron chi connectivity index (χ2n) is 5.51. The molecule has 0 fully saturated rings.